The van der Waals surface area contributed by atoms with Crippen LogP contribution in [-0.2, 0) is 13.0 Å². The van der Waals surface area contributed by atoms with Crippen LogP contribution in [0.25, 0.3) is 0 Å². The van der Waals surface area contributed by atoms with E-state index in [-0.39, 0.29) is 11.9 Å². The van der Waals surface area contributed by atoms with Crippen molar-refractivity contribution in [3.05, 3.63) is 46.2 Å². The third-order valence-corrected chi connectivity index (χ3v) is 3.86. The summed E-state index contributed by atoms with van der Waals surface area (Å²) in [6, 6.07) is 5.20. The summed E-state index contributed by atoms with van der Waals surface area (Å²) >= 11 is 3.17. The van der Waals surface area contributed by atoms with Crippen LogP contribution in [-0.4, -0.2) is 21.8 Å². The molecule has 0 aliphatic carbocycles. The lowest BCUT2D eigenvalue weighted by atomic mass is 10.0. The zero-order chi connectivity index (χ0) is 14.5. The predicted molar refractivity (Wildman–Crippen MR) is 79.9 cm³/mol. The van der Waals surface area contributed by atoms with Crippen LogP contribution in [0.1, 0.15) is 30.8 Å². The standard InChI is InChI=1S/C14H18BrFN4/c1-3-6-20-14(18-9-19-20)8-13(17-2)10-4-5-11(15)12(16)7-10/h4-5,7,9,13,17H,3,6,8H2,1-2H3. The number of nitrogens with zero attached hydrogens (tertiary/aromatic N) is 3. The maximum Gasteiger partial charge on any atom is 0.138 e. The van der Waals surface area contributed by atoms with Crippen molar-refractivity contribution in [2.75, 3.05) is 7.05 Å². The number of hydrogen-bond donors (Lipinski definition) is 1. The third-order valence-electron chi connectivity index (χ3n) is 3.21. The lowest BCUT2D eigenvalue weighted by Gasteiger charge is -2.17. The van der Waals surface area contributed by atoms with Crippen molar-refractivity contribution < 1.29 is 4.39 Å². The molecule has 0 spiro atoms. The van der Waals surface area contributed by atoms with Gasteiger partial charge in [0.15, 0.2) is 0 Å². The minimum Gasteiger partial charge on any atom is -0.313 e. The summed E-state index contributed by atoms with van der Waals surface area (Å²) in [4.78, 5) is 4.30. The van der Waals surface area contributed by atoms with Gasteiger partial charge >= 0.3 is 0 Å². The molecule has 0 bridgehead atoms. The van der Waals surface area contributed by atoms with Crippen molar-refractivity contribution >= 4 is 15.9 Å². The minimum absolute atomic E-state index is 0.0115. The van der Waals surface area contributed by atoms with Crippen LogP contribution in [0.3, 0.4) is 0 Å². The fraction of sp³-hybridized carbons (Fsp3) is 0.429. The molecule has 1 unspecified atom stereocenters. The highest BCUT2D eigenvalue weighted by atomic mass is 79.9. The summed E-state index contributed by atoms with van der Waals surface area (Å²) in [6.45, 7) is 2.95. The summed E-state index contributed by atoms with van der Waals surface area (Å²) in [5.41, 5.74) is 0.902. The Bertz CT molecular complexity index is 570. The average molecular weight is 341 g/mol. The Balaban J connectivity index is 2.19. The Labute approximate surface area is 126 Å². The largest absolute Gasteiger partial charge is 0.313 e. The number of aromatic nitrogens is 3. The van der Waals surface area contributed by atoms with Gasteiger partial charge < -0.3 is 5.32 Å². The quantitative estimate of drug-likeness (QED) is 0.878. The summed E-state index contributed by atoms with van der Waals surface area (Å²) in [5, 5.41) is 7.42. The van der Waals surface area contributed by atoms with E-state index in [4.69, 9.17) is 0 Å². The maximum absolute atomic E-state index is 13.6. The highest BCUT2D eigenvalue weighted by Gasteiger charge is 2.15. The van der Waals surface area contributed by atoms with Crippen LogP contribution in [0, 0.1) is 5.82 Å². The molecule has 6 heteroatoms. The van der Waals surface area contributed by atoms with Gasteiger partial charge in [0.1, 0.15) is 18.0 Å². The molecule has 4 nitrogen and oxygen atoms in total. The van der Waals surface area contributed by atoms with Gasteiger partial charge in [-0.25, -0.2) is 9.37 Å². The minimum atomic E-state index is -0.252. The number of nitrogens with one attached hydrogen (secondary N) is 1. The molecule has 0 aliphatic rings. The molecule has 1 aromatic carbocycles. The Morgan fingerprint density at radius 2 is 2.25 bits per heavy atom. The zero-order valence-corrected chi connectivity index (χ0v) is 13.2. The fourth-order valence-electron chi connectivity index (χ4n) is 2.14. The first-order chi connectivity index (χ1) is 9.65. The van der Waals surface area contributed by atoms with Crippen molar-refractivity contribution in [1.29, 1.82) is 0 Å². The molecule has 1 atom stereocenters. The van der Waals surface area contributed by atoms with E-state index in [2.05, 4.69) is 38.3 Å². The van der Waals surface area contributed by atoms with Crippen LogP contribution in [0.4, 0.5) is 4.39 Å². The smallest absolute Gasteiger partial charge is 0.138 e. The lowest BCUT2D eigenvalue weighted by molar-refractivity contribution is 0.514. The Morgan fingerprint density at radius 1 is 1.45 bits per heavy atom. The first kappa shape index (κ1) is 15.1. The van der Waals surface area contributed by atoms with Gasteiger partial charge in [-0.2, -0.15) is 5.10 Å². The molecule has 2 aromatic rings. The molecular weight excluding hydrogens is 323 g/mol. The van der Waals surface area contributed by atoms with Crippen LogP contribution in [0.2, 0.25) is 0 Å². The zero-order valence-electron chi connectivity index (χ0n) is 11.6. The number of hydrogen-bond acceptors (Lipinski definition) is 3. The first-order valence-corrected chi connectivity index (χ1v) is 7.44. The molecule has 0 saturated heterocycles. The molecule has 0 saturated carbocycles. The Morgan fingerprint density at radius 3 is 2.90 bits per heavy atom. The number of halogens is 2. The first-order valence-electron chi connectivity index (χ1n) is 6.64. The number of aryl methyl sites for hydroxylation is 1. The van der Waals surface area contributed by atoms with Gasteiger partial charge in [-0.15, -0.1) is 0 Å². The second-order valence-corrected chi connectivity index (χ2v) is 5.47. The molecule has 0 aliphatic heterocycles. The molecule has 0 fully saturated rings. The number of rotatable bonds is 6. The topological polar surface area (TPSA) is 42.7 Å². The number of benzene rings is 1. The second kappa shape index (κ2) is 6.95. The average Bonchev–Trinajstić information content (AvgIpc) is 2.87. The van der Waals surface area contributed by atoms with Gasteiger partial charge in [0.2, 0.25) is 0 Å². The molecule has 108 valence electrons. The van der Waals surface area contributed by atoms with Crippen molar-refractivity contribution in [3.8, 4) is 0 Å². The van der Waals surface area contributed by atoms with E-state index >= 15 is 0 Å². The van der Waals surface area contributed by atoms with Crippen LogP contribution < -0.4 is 5.32 Å². The third kappa shape index (κ3) is 3.43. The molecule has 1 heterocycles. The summed E-state index contributed by atoms with van der Waals surface area (Å²) in [6.07, 6.45) is 3.25. The van der Waals surface area contributed by atoms with Gasteiger partial charge in [0.25, 0.3) is 0 Å². The summed E-state index contributed by atoms with van der Waals surface area (Å²) in [7, 11) is 1.87. The molecule has 0 amide bonds. The van der Waals surface area contributed by atoms with Crippen molar-refractivity contribution in [2.24, 2.45) is 0 Å². The maximum atomic E-state index is 13.6. The van der Waals surface area contributed by atoms with Crippen molar-refractivity contribution in [2.45, 2.75) is 32.4 Å². The SMILES string of the molecule is CCCn1ncnc1CC(NC)c1ccc(Br)c(F)c1. The monoisotopic (exact) mass is 340 g/mol. The van der Waals surface area contributed by atoms with Gasteiger partial charge in [-0.3, -0.25) is 4.68 Å². The van der Waals surface area contributed by atoms with Crippen molar-refractivity contribution in [1.82, 2.24) is 20.1 Å². The van der Waals surface area contributed by atoms with E-state index in [0.29, 0.717) is 10.9 Å². The molecular formula is C14H18BrFN4. The van der Waals surface area contributed by atoms with Crippen LogP contribution in [0.15, 0.2) is 29.0 Å². The van der Waals surface area contributed by atoms with Crippen molar-refractivity contribution in [3.63, 3.8) is 0 Å². The van der Waals surface area contributed by atoms with Crippen LogP contribution >= 0.6 is 15.9 Å². The van der Waals surface area contributed by atoms with Gasteiger partial charge in [-0.05, 0) is 47.1 Å². The Hall–Kier alpha value is -1.27. The van der Waals surface area contributed by atoms with Gasteiger partial charge in [-0.1, -0.05) is 13.0 Å². The normalized spacial score (nSPS) is 12.6. The lowest BCUT2D eigenvalue weighted by Crippen LogP contribution is -2.21. The molecule has 2 rings (SSSR count). The molecule has 1 aromatic heterocycles. The van der Waals surface area contributed by atoms with E-state index < -0.39 is 0 Å². The summed E-state index contributed by atoms with van der Waals surface area (Å²) in [5.74, 6) is 0.660. The van der Waals surface area contributed by atoms with E-state index in [1.165, 1.54) is 0 Å². The van der Waals surface area contributed by atoms with E-state index in [1.54, 1.807) is 18.5 Å². The van der Waals surface area contributed by atoms with E-state index in [9.17, 15) is 4.39 Å². The predicted octanol–water partition coefficient (Wildman–Crippen LogP) is 3.09. The fourth-order valence-corrected chi connectivity index (χ4v) is 2.39. The van der Waals surface area contributed by atoms with E-state index in [0.717, 1.165) is 24.4 Å². The van der Waals surface area contributed by atoms with Gasteiger partial charge in [0, 0.05) is 19.0 Å². The highest BCUT2D eigenvalue weighted by Crippen LogP contribution is 2.22. The summed E-state index contributed by atoms with van der Waals surface area (Å²) < 4.78 is 16.0. The number of likely N-dealkylation sites (N-methyl/N-ethyl adjacent to an activating group) is 1. The van der Waals surface area contributed by atoms with Crippen LogP contribution in [0.5, 0.6) is 0 Å². The molecule has 20 heavy (non-hydrogen) atoms. The molecule has 0 radical (unpaired) electrons. The molecule has 1 N–H and O–H groups in total. The highest BCUT2D eigenvalue weighted by molar-refractivity contribution is 9.10. The van der Waals surface area contributed by atoms with E-state index in [1.807, 2.05) is 17.8 Å². The second-order valence-electron chi connectivity index (χ2n) is 4.62. The van der Waals surface area contributed by atoms with Gasteiger partial charge in [0.05, 0.1) is 4.47 Å². The Kier molecular flexibility index (Phi) is 5.25.